The van der Waals surface area contributed by atoms with Gasteiger partial charge in [0.05, 0.1) is 11.9 Å². The molecule has 1 unspecified atom stereocenters. The minimum Gasteiger partial charge on any atom is -0.355 e. The number of benzene rings is 1. The van der Waals surface area contributed by atoms with Crippen LogP contribution < -0.4 is 4.90 Å². The molecule has 1 N–H and O–H groups in total. The third-order valence-corrected chi connectivity index (χ3v) is 6.56. The summed E-state index contributed by atoms with van der Waals surface area (Å²) in [6.07, 6.45) is 4.16. The van der Waals surface area contributed by atoms with Gasteiger partial charge in [0.2, 0.25) is 0 Å². The van der Waals surface area contributed by atoms with Crippen LogP contribution in [0.2, 0.25) is 0 Å². The fourth-order valence-corrected chi connectivity index (χ4v) is 5.26. The van der Waals surface area contributed by atoms with Gasteiger partial charge in [0.1, 0.15) is 16.5 Å². The molecule has 5 rings (SSSR count). The maximum atomic E-state index is 5.09. The van der Waals surface area contributed by atoms with E-state index in [1.807, 2.05) is 6.20 Å². The lowest BCUT2D eigenvalue weighted by atomic mass is 9.94. The summed E-state index contributed by atoms with van der Waals surface area (Å²) in [7, 11) is 4.12. The van der Waals surface area contributed by atoms with Crippen LogP contribution in [0.25, 0.3) is 21.3 Å². The molecule has 1 aliphatic rings. The lowest BCUT2D eigenvalue weighted by Crippen LogP contribution is -2.35. The van der Waals surface area contributed by atoms with Crippen molar-refractivity contribution < 1.29 is 0 Å². The second-order valence-electron chi connectivity index (χ2n) is 8.19. The lowest BCUT2D eigenvalue weighted by Gasteiger charge is -2.34. The van der Waals surface area contributed by atoms with Crippen molar-refractivity contribution in [1.82, 2.24) is 25.1 Å². The quantitative estimate of drug-likeness (QED) is 0.516. The van der Waals surface area contributed by atoms with Crippen LogP contribution in [0.15, 0.2) is 48.0 Å². The summed E-state index contributed by atoms with van der Waals surface area (Å²) in [6, 6.07) is 12.7. The molecule has 30 heavy (non-hydrogen) atoms. The highest BCUT2D eigenvalue weighted by atomic mass is 32.1. The Morgan fingerprint density at radius 3 is 2.80 bits per heavy atom. The minimum atomic E-state index is 0.447. The number of aromatic nitrogens is 4. The number of anilines is 1. The van der Waals surface area contributed by atoms with Crippen LogP contribution in [0.4, 0.5) is 5.82 Å². The van der Waals surface area contributed by atoms with Crippen LogP contribution in [0.5, 0.6) is 0 Å². The molecule has 4 heterocycles. The van der Waals surface area contributed by atoms with Gasteiger partial charge in [-0.3, -0.25) is 5.10 Å². The molecule has 1 fully saturated rings. The second-order valence-corrected chi connectivity index (χ2v) is 9.05. The number of hydrogen-bond acceptors (Lipinski definition) is 6. The van der Waals surface area contributed by atoms with Crippen molar-refractivity contribution in [2.45, 2.75) is 25.3 Å². The van der Waals surface area contributed by atoms with Crippen molar-refractivity contribution in [3.8, 4) is 11.1 Å². The molecule has 4 aromatic rings. The fraction of sp³-hybridized carbons (Fsp3) is 0.348. The van der Waals surface area contributed by atoms with Crippen LogP contribution in [-0.2, 0) is 6.54 Å². The molecule has 0 spiro atoms. The van der Waals surface area contributed by atoms with E-state index in [4.69, 9.17) is 9.97 Å². The lowest BCUT2D eigenvalue weighted by molar-refractivity contribution is 0.391. The molecule has 0 aliphatic carbocycles. The van der Waals surface area contributed by atoms with Crippen molar-refractivity contribution >= 4 is 27.4 Å². The molecule has 1 aromatic carbocycles. The fourth-order valence-electron chi connectivity index (χ4n) is 4.30. The normalized spacial score (nSPS) is 17.2. The number of fused-ring (bicyclic) bond motifs is 1. The van der Waals surface area contributed by atoms with E-state index in [1.54, 1.807) is 11.3 Å². The summed E-state index contributed by atoms with van der Waals surface area (Å²) in [5, 5.41) is 10.7. The van der Waals surface area contributed by atoms with Gasteiger partial charge in [-0.25, -0.2) is 9.97 Å². The molecule has 1 atom stereocenters. The maximum absolute atomic E-state index is 5.09. The predicted molar refractivity (Wildman–Crippen MR) is 123 cm³/mol. The van der Waals surface area contributed by atoms with Gasteiger partial charge in [-0.1, -0.05) is 30.3 Å². The van der Waals surface area contributed by atoms with Gasteiger partial charge in [0.25, 0.3) is 0 Å². The molecule has 0 bridgehead atoms. The highest BCUT2D eigenvalue weighted by Gasteiger charge is 2.26. The zero-order valence-corrected chi connectivity index (χ0v) is 18.2. The SMILES string of the molecule is CN(C)Cc1nc(N2CCCC(c3ccn[nH]3)C2)c2c(-c3ccccc3)csc2n1. The molecule has 154 valence electrons. The van der Waals surface area contributed by atoms with E-state index in [0.717, 1.165) is 42.5 Å². The number of aromatic amines is 1. The van der Waals surface area contributed by atoms with E-state index in [1.165, 1.54) is 28.6 Å². The van der Waals surface area contributed by atoms with E-state index in [-0.39, 0.29) is 0 Å². The predicted octanol–water partition coefficient (Wildman–Crippen LogP) is 4.53. The smallest absolute Gasteiger partial charge is 0.146 e. The molecule has 0 amide bonds. The summed E-state index contributed by atoms with van der Waals surface area (Å²) in [5.41, 5.74) is 3.66. The van der Waals surface area contributed by atoms with Crippen molar-refractivity contribution in [3.63, 3.8) is 0 Å². The van der Waals surface area contributed by atoms with Gasteiger partial charge in [0, 0.05) is 41.8 Å². The van der Waals surface area contributed by atoms with Crippen molar-refractivity contribution in [3.05, 3.63) is 59.5 Å². The Hall–Kier alpha value is -2.77. The summed E-state index contributed by atoms with van der Waals surface area (Å²) < 4.78 is 0. The summed E-state index contributed by atoms with van der Waals surface area (Å²) in [6.45, 7) is 2.70. The number of rotatable bonds is 5. The summed E-state index contributed by atoms with van der Waals surface area (Å²) in [4.78, 5) is 15.7. The van der Waals surface area contributed by atoms with Gasteiger partial charge in [0.15, 0.2) is 0 Å². The second kappa shape index (κ2) is 8.16. The molecule has 3 aromatic heterocycles. The first kappa shape index (κ1) is 19.2. The summed E-state index contributed by atoms with van der Waals surface area (Å²) in [5.74, 6) is 2.40. The van der Waals surface area contributed by atoms with Crippen LogP contribution in [0, 0.1) is 0 Å². The van der Waals surface area contributed by atoms with Crippen LogP contribution >= 0.6 is 11.3 Å². The Labute approximate surface area is 180 Å². The number of piperidine rings is 1. The van der Waals surface area contributed by atoms with Gasteiger partial charge < -0.3 is 9.80 Å². The Kier molecular flexibility index (Phi) is 5.23. The van der Waals surface area contributed by atoms with E-state index < -0.39 is 0 Å². The van der Waals surface area contributed by atoms with Gasteiger partial charge >= 0.3 is 0 Å². The van der Waals surface area contributed by atoms with Crippen LogP contribution in [-0.4, -0.2) is 52.3 Å². The largest absolute Gasteiger partial charge is 0.355 e. The minimum absolute atomic E-state index is 0.447. The Balaban J connectivity index is 1.61. The van der Waals surface area contributed by atoms with E-state index in [2.05, 4.69) is 75.9 Å². The van der Waals surface area contributed by atoms with Crippen LogP contribution in [0.1, 0.15) is 30.3 Å². The first-order valence-corrected chi connectivity index (χ1v) is 11.3. The first-order chi connectivity index (χ1) is 14.7. The van der Waals surface area contributed by atoms with Gasteiger partial charge in [-0.2, -0.15) is 5.10 Å². The highest BCUT2D eigenvalue weighted by Crippen LogP contribution is 2.40. The van der Waals surface area contributed by atoms with E-state index in [9.17, 15) is 0 Å². The van der Waals surface area contributed by atoms with Crippen molar-refractivity contribution in [2.75, 3.05) is 32.1 Å². The molecule has 1 saturated heterocycles. The van der Waals surface area contributed by atoms with Crippen molar-refractivity contribution in [2.24, 2.45) is 0 Å². The zero-order chi connectivity index (χ0) is 20.5. The molecule has 0 saturated carbocycles. The molecule has 0 radical (unpaired) electrons. The molecule has 7 heteroatoms. The maximum Gasteiger partial charge on any atom is 0.146 e. The number of hydrogen-bond donors (Lipinski definition) is 1. The molecular formula is C23H26N6S. The third kappa shape index (κ3) is 3.70. The Bertz CT molecular complexity index is 1120. The summed E-state index contributed by atoms with van der Waals surface area (Å²) >= 11 is 1.71. The van der Waals surface area contributed by atoms with Crippen molar-refractivity contribution in [1.29, 1.82) is 0 Å². The zero-order valence-electron chi connectivity index (χ0n) is 17.4. The number of nitrogens with one attached hydrogen (secondary N) is 1. The third-order valence-electron chi connectivity index (χ3n) is 5.69. The average Bonchev–Trinajstić information content (AvgIpc) is 3.44. The number of H-pyrrole nitrogens is 1. The Morgan fingerprint density at radius 2 is 2.03 bits per heavy atom. The van der Waals surface area contributed by atoms with E-state index in [0.29, 0.717) is 5.92 Å². The Morgan fingerprint density at radius 1 is 1.17 bits per heavy atom. The monoisotopic (exact) mass is 418 g/mol. The molecule has 6 nitrogen and oxygen atoms in total. The molecule has 1 aliphatic heterocycles. The highest BCUT2D eigenvalue weighted by molar-refractivity contribution is 7.17. The van der Waals surface area contributed by atoms with Gasteiger partial charge in [-0.15, -0.1) is 11.3 Å². The molecular weight excluding hydrogens is 392 g/mol. The first-order valence-electron chi connectivity index (χ1n) is 10.4. The topological polar surface area (TPSA) is 60.9 Å². The van der Waals surface area contributed by atoms with E-state index >= 15 is 0 Å². The van der Waals surface area contributed by atoms with Crippen LogP contribution in [0.3, 0.4) is 0 Å². The standard InChI is InChI=1S/C23H26N6S/c1-28(2)14-20-25-22(29-12-6-9-17(13-29)19-10-11-24-27-19)21-18(15-30-23(21)26-20)16-7-4-3-5-8-16/h3-5,7-8,10-11,15,17H,6,9,12-14H2,1-2H3,(H,24,27). The number of thiophene rings is 1. The van der Waals surface area contributed by atoms with Gasteiger partial charge in [-0.05, 0) is 38.6 Å². The average molecular weight is 419 g/mol. The number of nitrogens with zero attached hydrogens (tertiary/aromatic N) is 5.